The van der Waals surface area contributed by atoms with Gasteiger partial charge in [0.15, 0.2) is 11.6 Å². The van der Waals surface area contributed by atoms with Gasteiger partial charge in [0.1, 0.15) is 0 Å². The standard InChI is InChI=1S/C13H19F2NO.ClH/c1-8(2)6-7-11(17)13(16)9-4-3-5-10(14)12(9)15;/h3-5,8,11,13,17H,6-7,16H2,1-2H3;1H/t11-,13+;/m1./s1. The molecule has 1 rings (SSSR count). The summed E-state index contributed by atoms with van der Waals surface area (Å²) in [4.78, 5) is 0. The van der Waals surface area contributed by atoms with Crippen molar-refractivity contribution in [3.05, 3.63) is 35.4 Å². The maximum Gasteiger partial charge on any atom is 0.163 e. The molecule has 3 N–H and O–H groups in total. The first-order valence-corrected chi connectivity index (χ1v) is 5.81. The molecule has 0 aliphatic rings. The lowest BCUT2D eigenvalue weighted by Crippen LogP contribution is -2.27. The molecule has 104 valence electrons. The molecule has 18 heavy (non-hydrogen) atoms. The smallest absolute Gasteiger partial charge is 0.163 e. The maximum absolute atomic E-state index is 13.4. The Kier molecular flexibility index (Phi) is 7.36. The second kappa shape index (κ2) is 7.67. The van der Waals surface area contributed by atoms with Gasteiger partial charge in [-0.3, -0.25) is 0 Å². The van der Waals surface area contributed by atoms with Crippen LogP contribution in [0.15, 0.2) is 18.2 Å². The zero-order chi connectivity index (χ0) is 13.0. The summed E-state index contributed by atoms with van der Waals surface area (Å²) in [5, 5.41) is 9.82. The molecule has 5 heteroatoms. The summed E-state index contributed by atoms with van der Waals surface area (Å²) in [5.74, 6) is -1.47. The minimum atomic E-state index is -0.969. The summed E-state index contributed by atoms with van der Waals surface area (Å²) in [6, 6.07) is 2.95. The van der Waals surface area contributed by atoms with Crippen molar-refractivity contribution in [3.8, 4) is 0 Å². The zero-order valence-corrected chi connectivity index (χ0v) is 11.4. The molecule has 0 spiro atoms. The number of benzene rings is 1. The number of rotatable bonds is 5. The van der Waals surface area contributed by atoms with Gasteiger partial charge in [0, 0.05) is 5.56 Å². The quantitative estimate of drug-likeness (QED) is 0.869. The number of halogens is 3. The Morgan fingerprint density at radius 2 is 1.83 bits per heavy atom. The van der Waals surface area contributed by atoms with Crippen molar-refractivity contribution in [2.75, 3.05) is 0 Å². The van der Waals surface area contributed by atoms with Gasteiger partial charge < -0.3 is 10.8 Å². The third-order valence-corrected chi connectivity index (χ3v) is 2.79. The van der Waals surface area contributed by atoms with Crippen LogP contribution in [0.3, 0.4) is 0 Å². The Morgan fingerprint density at radius 1 is 1.22 bits per heavy atom. The normalized spacial score (nSPS) is 14.2. The molecule has 0 aromatic heterocycles. The van der Waals surface area contributed by atoms with Crippen LogP contribution in [-0.4, -0.2) is 11.2 Å². The highest BCUT2D eigenvalue weighted by Crippen LogP contribution is 2.23. The molecule has 0 saturated heterocycles. The van der Waals surface area contributed by atoms with E-state index in [1.807, 2.05) is 13.8 Å². The van der Waals surface area contributed by atoms with Crippen LogP contribution < -0.4 is 5.73 Å². The Labute approximate surface area is 113 Å². The van der Waals surface area contributed by atoms with Crippen LogP contribution in [0.5, 0.6) is 0 Å². The first-order chi connectivity index (χ1) is 7.93. The molecular weight excluding hydrogens is 260 g/mol. The van der Waals surface area contributed by atoms with Gasteiger partial charge in [-0.2, -0.15) is 0 Å². The van der Waals surface area contributed by atoms with E-state index in [0.717, 1.165) is 12.5 Å². The number of aliphatic hydroxyl groups excluding tert-OH is 1. The van der Waals surface area contributed by atoms with Gasteiger partial charge in [-0.15, -0.1) is 12.4 Å². The number of hydrogen-bond acceptors (Lipinski definition) is 2. The van der Waals surface area contributed by atoms with Crippen LogP contribution in [-0.2, 0) is 0 Å². The second-order valence-electron chi connectivity index (χ2n) is 4.71. The van der Waals surface area contributed by atoms with Gasteiger partial charge in [-0.1, -0.05) is 26.0 Å². The SMILES string of the molecule is CC(C)CC[C@@H](O)[C@@H](N)c1cccc(F)c1F.Cl. The van der Waals surface area contributed by atoms with Gasteiger partial charge in [-0.25, -0.2) is 8.78 Å². The fourth-order valence-electron chi connectivity index (χ4n) is 1.67. The monoisotopic (exact) mass is 279 g/mol. The van der Waals surface area contributed by atoms with Crippen LogP contribution >= 0.6 is 12.4 Å². The van der Waals surface area contributed by atoms with E-state index in [1.54, 1.807) is 0 Å². The Bertz CT molecular complexity index is 374. The molecule has 2 atom stereocenters. The first-order valence-electron chi connectivity index (χ1n) is 5.81. The summed E-state index contributed by atoms with van der Waals surface area (Å²) in [5.41, 5.74) is 5.77. The highest BCUT2D eigenvalue weighted by Gasteiger charge is 2.21. The average Bonchev–Trinajstić information content (AvgIpc) is 2.28. The van der Waals surface area contributed by atoms with E-state index >= 15 is 0 Å². The topological polar surface area (TPSA) is 46.2 Å². The molecule has 0 heterocycles. The van der Waals surface area contributed by atoms with Crippen molar-refractivity contribution < 1.29 is 13.9 Å². The minimum absolute atomic E-state index is 0. The van der Waals surface area contributed by atoms with Crippen LogP contribution in [0.25, 0.3) is 0 Å². The fourth-order valence-corrected chi connectivity index (χ4v) is 1.67. The lowest BCUT2D eigenvalue weighted by molar-refractivity contribution is 0.126. The number of hydrogen-bond donors (Lipinski definition) is 2. The molecule has 1 aromatic carbocycles. The molecule has 2 nitrogen and oxygen atoms in total. The number of aliphatic hydroxyl groups is 1. The van der Waals surface area contributed by atoms with Crippen LogP contribution in [0.4, 0.5) is 8.78 Å². The second-order valence-corrected chi connectivity index (χ2v) is 4.71. The van der Waals surface area contributed by atoms with Gasteiger partial charge >= 0.3 is 0 Å². The van der Waals surface area contributed by atoms with Crippen LogP contribution in [0, 0.1) is 17.6 Å². The third-order valence-electron chi connectivity index (χ3n) is 2.79. The lowest BCUT2D eigenvalue weighted by Gasteiger charge is -2.20. The molecule has 0 aliphatic heterocycles. The molecule has 0 fully saturated rings. The highest BCUT2D eigenvalue weighted by molar-refractivity contribution is 5.85. The molecule has 0 amide bonds. The van der Waals surface area contributed by atoms with Gasteiger partial charge in [-0.05, 0) is 24.8 Å². The van der Waals surface area contributed by atoms with Crippen molar-refractivity contribution in [1.29, 1.82) is 0 Å². The van der Waals surface area contributed by atoms with E-state index in [9.17, 15) is 13.9 Å². The van der Waals surface area contributed by atoms with Crippen LogP contribution in [0.1, 0.15) is 38.3 Å². The number of nitrogens with two attached hydrogens (primary N) is 1. The summed E-state index contributed by atoms with van der Waals surface area (Å²) in [6.07, 6.45) is 0.425. The van der Waals surface area contributed by atoms with Crippen molar-refractivity contribution in [2.45, 2.75) is 38.8 Å². The minimum Gasteiger partial charge on any atom is -0.391 e. The molecular formula is C13H20ClF2NO. The predicted octanol–water partition coefficient (Wildman–Crippen LogP) is 3.18. The van der Waals surface area contributed by atoms with Crippen LogP contribution in [0.2, 0.25) is 0 Å². The third kappa shape index (κ3) is 4.52. The van der Waals surface area contributed by atoms with Crippen molar-refractivity contribution in [2.24, 2.45) is 11.7 Å². The maximum atomic E-state index is 13.4. The predicted molar refractivity (Wildman–Crippen MR) is 70.6 cm³/mol. The highest BCUT2D eigenvalue weighted by atomic mass is 35.5. The zero-order valence-electron chi connectivity index (χ0n) is 10.6. The summed E-state index contributed by atoms with van der Waals surface area (Å²) < 4.78 is 26.4. The lowest BCUT2D eigenvalue weighted by atomic mass is 9.95. The van der Waals surface area contributed by atoms with Crippen molar-refractivity contribution in [1.82, 2.24) is 0 Å². The summed E-state index contributed by atoms with van der Waals surface area (Å²) in [7, 11) is 0. The van der Waals surface area contributed by atoms with E-state index in [1.165, 1.54) is 12.1 Å². The van der Waals surface area contributed by atoms with Crippen molar-refractivity contribution >= 4 is 12.4 Å². The van der Waals surface area contributed by atoms with Gasteiger partial charge in [0.05, 0.1) is 12.1 Å². The van der Waals surface area contributed by atoms with E-state index in [2.05, 4.69) is 0 Å². The van der Waals surface area contributed by atoms with E-state index in [-0.39, 0.29) is 18.0 Å². The van der Waals surface area contributed by atoms with Gasteiger partial charge in [0.2, 0.25) is 0 Å². The molecule has 1 aromatic rings. The molecule has 0 bridgehead atoms. The molecule has 0 radical (unpaired) electrons. The van der Waals surface area contributed by atoms with E-state index in [4.69, 9.17) is 5.73 Å². The average molecular weight is 280 g/mol. The first kappa shape index (κ1) is 17.3. The van der Waals surface area contributed by atoms with E-state index < -0.39 is 23.8 Å². The molecule has 0 saturated carbocycles. The van der Waals surface area contributed by atoms with Gasteiger partial charge in [0.25, 0.3) is 0 Å². The molecule has 0 unspecified atom stereocenters. The Hall–Kier alpha value is -0.710. The Morgan fingerprint density at radius 3 is 2.39 bits per heavy atom. The largest absolute Gasteiger partial charge is 0.391 e. The molecule has 0 aliphatic carbocycles. The van der Waals surface area contributed by atoms with E-state index in [0.29, 0.717) is 12.3 Å². The fraction of sp³-hybridized carbons (Fsp3) is 0.538. The summed E-state index contributed by atoms with van der Waals surface area (Å²) >= 11 is 0. The summed E-state index contributed by atoms with van der Waals surface area (Å²) in [6.45, 7) is 4.06. The Balaban J connectivity index is 0.00000289. The van der Waals surface area contributed by atoms with Crippen molar-refractivity contribution in [3.63, 3.8) is 0 Å².